The molecule has 1 N–H and O–H groups in total. The average molecular weight is 709 g/mol. The van der Waals surface area contributed by atoms with E-state index in [0.29, 0.717) is 12.8 Å². The number of hydrogen-bond acceptors (Lipinski definition) is 5. The fourth-order valence-corrected chi connectivity index (χ4v) is 6.97. The lowest BCUT2D eigenvalue weighted by atomic mass is 10.0. The van der Waals surface area contributed by atoms with Gasteiger partial charge in [-0.25, -0.2) is 0 Å². The van der Waals surface area contributed by atoms with Gasteiger partial charge in [0, 0.05) is 12.8 Å². The fraction of sp³-hybridized carbons (Fsp3) is 0.956. The fourth-order valence-electron chi connectivity index (χ4n) is 6.97. The normalized spacial score (nSPS) is 12.0. The molecule has 5 heteroatoms. The third-order valence-corrected chi connectivity index (χ3v) is 10.4. The third-order valence-electron chi connectivity index (χ3n) is 10.4. The number of aliphatic hydroxyl groups excluding tert-OH is 1. The molecule has 0 fully saturated rings. The molecule has 0 aliphatic heterocycles. The summed E-state index contributed by atoms with van der Waals surface area (Å²) in [4.78, 5) is 24.3. The molecule has 0 aromatic heterocycles. The molecular formula is C45H88O5. The van der Waals surface area contributed by atoms with Gasteiger partial charge < -0.3 is 14.6 Å². The highest BCUT2D eigenvalue weighted by Gasteiger charge is 2.16. The van der Waals surface area contributed by atoms with Gasteiger partial charge in [0.15, 0.2) is 6.10 Å². The molecular weight excluding hydrogens is 620 g/mol. The smallest absolute Gasteiger partial charge is 0.306 e. The lowest BCUT2D eigenvalue weighted by Gasteiger charge is -2.15. The van der Waals surface area contributed by atoms with Crippen molar-refractivity contribution >= 4 is 11.9 Å². The van der Waals surface area contributed by atoms with E-state index >= 15 is 0 Å². The number of rotatable bonds is 42. The van der Waals surface area contributed by atoms with E-state index in [4.69, 9.17) is 9.47 Å². The van der Waals surface area contributed by atoms with Crippen LogP contribution in [0.4, 0.5) is 0 Å². The zero-order valence-corrected chi connectivity index (χ0v) is 33.9. The summed E-state index contributed by atoms with van der Waals surface area (Å²) in [6.45, 7) is 4.18. The van der Waals surface area contributed by atoms with Crippen LogP contribution in [0.25, 0.3) is 0 Å². The molecule has 0 aliphatic rings. The lowest BCUT2D eigenvalue weighted by molar-refractivity contribution is -0.161. The molecule has 0 bridgehead atoms. The van der Waals surface area contributed by atoms with Crippen LogP contribution in [0.2, 0.25) is 0 Å². The van der Waals surface area contributed by atoms with Gasteiger partial charge >= 0.3 is 11.9 Å². The Morgan fingerprint density at radius 1 is 0.380 bits per heavy atom. The van der Waals surface area contributed by atoms with Crippen molar-refractivity contribution in [1.29, 1.82) is 0 Å². The van der Waals surface area contributed by atoms with Crippen molar-refractivity contribution in [3.05, 3.63) is 0 Å². The Bertz CT molecular complexity index is 680. The summed E-state index contributed by atoms with van der Waals surface area (Å²) in [5.41, 5.74) is 0. The number of unbranched alkanes of at least 4 members (excludes halogenated alkanes) is 34. The number of carbonyl (C=O) groups is 2. The minimum Gasteiger partial charge on any atom is -0.462 e. The summed E-state index contributed by atoms with van der Waals surface area (Å²) in [5, 5.41) is 9.58. The molecule has 0 unspecified atom stereocenters. The third kappa shape index (κ3) is 39.7. The molecule has 1 atom stereocenters. The first-order valence-corrected chi connectivity index (χ1v) is 22.6. The van der Waals surface area contributed by atoms with Gasteiger partial charge in [-0.3, -0.25) is 9.59 Å². The van der Waals surface area contributed by atoms with Gasteiger partial charge in [0.05, 0.1) is 6.61 Å². The van der Waals surface area contributed by atoms with Crippen molar-refractivity contribution in [1.82, 2.24) is 0 Å². The van der Waals surface area contributed by atoms with Gasteiger partial charge in [0.25, 0.3) is 0 Å². The number of ether oxygens (including phenoxy) is 2. The van der Waals surface area contributed by atoms with Crippen LogP contribution in [0.5, 0.6) is 0 Å². The van der Waals surface area contributed by atoms with Crippen LogP contribution in [0.3, 0.4) is 0 Å². The second-order valence-corrected chi connectivity index (χ2v) is 15.5. The molecule has 0 heterocycles. The molecule has 0 rings (SSSR count). The van der Waals surface area contributed by atoms with Crippen LogP contribution in [0, 0.1) is 0 Å². The summed E-state index contributed by atoms with van der Waals surface area (Å²) in [7, 11) is 0. The van der Waals surface area contributed by atoms with E-state index in [-0.39, 0.29) is 25.2 Å². The molecule has 0 amide bonds. The van der Waals surface area contributed by atoms with E-state index in [2.05, 4.69) is 13.8 Å². The standard InChI is InChI=1S/C45H88O5/c1-3-5-7-9-11-13-15-17-19-20-21-22-23-24-25-26-28-30-32-34-36-38-40-45(48)50-43(41-46)42-49-44(47)39-37-35-33-31-29-27-18-16-14-12-10-8-6-4-2/h43,46H,3-42H2,1-2H3/t43-/m0/s1. The molecule has 50 heavy (non-hydrogen) atoms. The SMILES string of the molecule is CCCCCCCCCCCCCCCCCCCCCCCCC(=O)O[C@@H](CO)COC(=O)CCCCCCCCCCCCCCCC. The van der Waals surface area contributed by atoms with Crippen LogP contribution in [-0.4, -0.2) is 36.4 Å². The Hall–Kier alpha value is -1.10. The monoisotopic (exact) mass is 709 g/mol. The molecule has 0 radical (unpaired) electrons. The first kappa shape index (κ1) is 48.9. The van der Waals surface area contributed by atoms with Crippen LogP contribution < -0.4 is 0 Å². The second kappa shape index (κ2) is 42.3. The first-order chi connectivity index (χ1) is 24.6. The molecule has 298 valence electrons. The van der Waals surface area contributed by atoms with Crippen LogP contribution in [0.1, 0.15) is 258 Å². The number of carbonyl (C=O) groups excluding carboxylic acids is 2. The maximum Gasteiger partial charge on any atom is 0.306 e. The maximum absolute atomic E-state index is 12.2. The summed E-state index contributed by atoms with van der Waals surface area (Å²) >= 11 is 0. The zero-order chi connectivity index (χ0) is 36.4. The van der Waals surface area contributed by atoms with E-state index in [1.54, 1.807) is 0 Å². The van der Waals surface area contributed by atoms with E-state index in [9.17, 15) is 14.7 Å². The van der Waals surface area contributed by atoms with E-state index < -0.39 is 6.10 Å². The Kier molecular flexibility index (Phi) is 41.4. The Morgan fingerprint density at radius 3 is 0.880 bits per heavy atom. The largest absolute Gasteiger partial charge is 0.462 e. The average Bonchev–Trinajstić information content (AvgIpc) is 3.12. The van der Waals surface area contributed by atoms with Crippen molar-refractivity contribution in [2.24, 2.45) is 0 Å². The van der Waals surface area contributed by atoms with Gasteiger partial charge in [0.1, 0.15) is 6.61 Å². The zero-order valence-electron chi connectivity index (χ0n) is 33.9. The number of aliphatic hydroxyl groups is 1. The van der Waals surface area contributed by atoms with Gasteiger partial charge in [-0.1, -0.05) is 232 Å². The summed E-state index contributed by atoms with van der Waals surface area (Å²) in [6, 6.07) is 0. The maximum atomic E-state index is 12.2. The minimum absolute atomic E-state index is 0.0565. The van der Waals surface area contributed by atoms with Crippen molar-refractivity contribution < 1.29 is 24.2 Å². The van der Waals surface area contributed by atoms with Crippen molar-refractivity contribution in [3.8, 4) is 0 Å². The first-order valence-electron chi connectivity index (χ1n) is 22.6. The van der Waals surface area contributed by atoms with E-state index in [1.165, 1.54) is 199 Å². The summed E-state index contributed by atoms with van der Waals surface area (Å²) in [6.07, 6.45) is 47.5. The van der Waals surface area contributed by atoms with Crippen molar-refractivity contribution in [2.45, 2.75) is 264 Å². The van der Waals surface area contributed by atoms with Gasteiger partial charge in [-0.15, -0.1) is 0 Å². The van der Waals surface area contributed by atoms with Crippen LogP contribution in [-0.2, 0) is 19.1 Å². The van der Waals surface area contributed by atoms with E-state index in [0.717, 1.165) is 32.1 Å². The number of esters is 2. The van der Waals surface area contributed by atoms with Gasteiger partial charge in [-0.2, -0.15) is 0 Å². The van der Waals surface area contributed by atoms with E-state index in [1.807, 2.05) is 0 Å². The van der Waals surface area contributed by atoms with Crippen LogP contribution in [0.15, 0.2) is 0 Å². The van der Waals surface area contributed by atoms with Crippen molar-refractivity contribution in [2.75, 3.05) is 13.2 Å². The van der Waals surface area contributed by atoms with Crippen LogP contribution >= 0.6 is 0 Å². The highest BCUT2D eigenvalue weighted by atomic mass is 16.6. The molecule has 0 spiro atoms. The quantitative estimate of drug-likeness (QED) is 0.0505. The molecule has 5 nitrogen and oxygen atoms in total. The Labute approximate surface area is 312 Å². The summed E-state index contributed by atoms with van der Waals surface area (Å²) < 4.78 is 10.6. The molecule has 0 saturated heterocycles. The molecule has 0 aromatic rings. The second-order valence-electron chi connectivity index (χ2n) is 15.5. The van der Waals surface area contributed by atoms with Gasteiger partial charge in [-0.05, 0) is 12.8 Å². The highest BCUT2D eigenvalue weighted by molar-refractivity contribution is 5.70. The molecule has 0 aliphatic carbocycles. The highest BCUT2D eigenvalue weighted by Crippen LogP contribution is 2.17. The summed E-state index contributed by atoms with van der Waals surface area (Å²) in [5.74, 6) is -0.571. The topological polar surface area (TPSA) is 72.8 Å². The van der Waals surface area contributed by atoms with Crippen molar-refractivity contribution in [3.63, 3.8) is 0 Å². The Balaban J connectivity index is 3.44. The van der Waals surface area contributed by atoms with Gasteiger partial charge in [0.2, 0.25) is 0 Å². The molecule has 0 aromatic carbocycles. The lowest BCUT2D eigenvalue weighted by Crippen LogP contribution is -2.28. The number of hydrogen-bond donors (Lipinski definition) is 1. The predicted octanol–water partition coefficient (Wildman–Crippen LogP) is 14.3. The molecule has 0 saturated carbocycles. The minimum atomic E-state index is -0.762. The predicted molar refractivity (Wildman–Crippen MR) is 215 cm³/mol. The Morgan fingerprint density at radius 2 is 0.620 bits per heavy atom.